The van der Waals surface area contributed by atoms with E-state index in [1.165, 1.54) is 0 Å². The molecule has 1 aliphatic heterocycles. The van der Waals surface area contributed by atoms with Crippen molar-refractivity contribution >= 4 is 17.4 Å². The van der Waals surface area contributed by atoms with E-state index in [0.717, 1.165) is 37.3 Å². The Morgan fingerprint density at radius 1 is 1.62 bits per heavy atom. The second kappa shape index (κ2) is 5.51. The first-order chi connectivity index (χ1) is 7.83. The standard InChI is InChI=1S/C12H17ClN2O/c1-16-11-3-2-6-15(9-11)12-7-10(8-13)4-5-14-12/h4-5,7,11H,2-3,6,8-9H2,1H3. The van der Waals surface area contributed by atoms with E-state index in [0.29, 0.717) is 12.0 Å². The van der Waals surface area contributed by atoms with Gasteiger partial charge < -0.3 is 9.64 Å². The van der Waals surface area contributed by atoms with Crippen LogP contribution in [-0.2, 0) is 10.6 Å². The van der Waals surface area contributed by atoms with Gasteiger partial charge in [-0.05, 0) is 30.5 Å². The number of alkyl halides is 1. The van der Waals surface area contributed by atoms with Crippen molar-refractivity contribution in [2.75, 3.05) is 25.1 Å². The van der Waals surface area contributed by atoms with E-state index in [1.807, 2.05) is 12.3 Å². The molecule has 0 aliphatic carbocycles. The van der Waals surface area contributed by atoms with Crippen LogP contribution in [0.4, 0.5) is 5.82 Å². The Bertz CT molecular complexity index is 346. The number of anilines is 1. The van der Waals surface area contributed by atoms with Crippen molar-refractivity contribution in [3.63, 3.8) is 0 Å². The van der Waals surface area contributed by atoms with E-state index in [2.05, 4.69) is 16.0 Å². The summed E-state index contributed by atoms with van der Waals surface area (Å²) in [6, 6.07) is 4.01. The van der Waals surface area contributed by atoms with E-state index in [9.17, 15) is 0 Å². The second-order valence-corrected chi connectivity index (χ2v) is 4.37. The summed E-state index contributed by atoms with van der Waals surface area (Å²) in [4.78, 5) is 6.66. The van der Waals surface area contributed by atoms with Crippen LogP contribution in [-0.4, -0.2) is 31.3 Å². The molecule has 1 saturated heterocycles. The van der Waals surface area contributed by atoms with Crippen LogP contribution in [0.5, 0.6) is 0 Å². The minimum atomic E-state index is 0.329. The number of aromatic nitrogens is 1. The normalized spacial score (nSPS) is 21.1. The molecule has 1 fully saturated rings. The van der Waals surface area contributed by atoms with Crippen molar-refractivity contribution in [2.45, 2.75) is 24.8 Å². The van der Waals surface area contributed by atoms with E-state index in [1.54, 1.807) is 7.11 Å². The van der Waals surface area contributed by atoms with Crippen LogP contribution in [0.3, 0.4) is 0 Å². The predicted octanol–water partition coefficient (Wildman–Crippen LogP) is 2.44. The number of nitrogens with zero attached hydrogens (tertiary/aromatic N) is 2. The molecule has 0 aromatic carbocycles. The molecule has 0 N–H and O–H groups in total. The molecule has 1 aromatic rings. The monoisotopic (exact) mass is 240 g/mol. The molecule has 0 spiro atoms. The average molecular weight is 241 g/mol. The predicted molar refractivity (Wildman–Crippen MR) is 66.0 cm³/mol. The minimum absolute atomic E-state index is 0.329. The molecule has 1 unspecified atom stereocenters. The summed E-state index contributed by atoms with van der Waals surface area (Å²) >= 11 is 5.82. The number of ether oxygens (including phenoxy) is 1. The molecule has 2 rings (SSSR count). The molecule has 16 heavy (non-hydrogen) atoms. The summed E-state index contributed by atoms with van der Waals surface area (Å²) in [6.45, 7) is 1.98. The summed E-state index contributed by atoms with van der Waals surface area (Å²) in [5.41, 5.74) is 1.12. The van der Waals surface area contributed by atoms with E-state index < -0.39 is 0 Å². The Hall–Kier alpha value is -0.800. The fourth-order valence-corrected chi connectivity index (χ4v) is 2.22. The molecule has 3 nitrogen and oxygen atoms in total. The van der Waals surface area contributed by atoms with Crippen LogP contribution in [0, 0.1) is 0 Å². The van der Waals surface area contributed by atoms with Gasteiger partial charge in [-0.25, -0.2) is 4.98 Å². The molecule has 88 valence electrons. The van der Waals surface area contributed by atoms with Gasteiger partial charge >= 0.3 is 0 Å². The van der Waals surface area contributed by atoms with Crippen molar-refractivity contribution in [1.82, 2.24) is 4.98 Å². The van der Waals surface area contributed by atoms with Gasteiger partial charge in [-0.15, -0.1) is 11.6 Å². The van der Waals surface area contributed by atoms with Crippen molar-refractivity contribution in [2.24, 2.45) is 0 Å². The maximum absolute atomic E-state index is 5.82. The molecule has 0 radical (unpaired) electrons. The van der Waals surface area contributed by atoms with E-state index >= 15 is 0 Å². The van der Waals surface area contributed by atoms with Crippen LogP contribution >= 0.6 is 11.6 Å². The van der Waals surface area contributed by atoms with Crippen LogP contribution < -0.4 is 4.90 Å². The van der Waals surface area contributed by atoms with Crippen molar-refractivity contribution in [3.8, 4) is 0 Å². The highest BCUT2D eigenvalue weighted by Gasteiger charge is 2.20. The molecular formula is C12H17ClN2O. The zero-order chi connectivity index (χ0) is 11.4. The number of piperidine rings is 1. The zero-order valence-electron chi connectivity index (χ0n) is 9.53. The largest absolute Gasteiger partial charge is 0.380 e. The minimum Gasteiger partial charge on any atom is -0.380 e. The third-order valence-corrected chi connectivity index (χ3v) is 3.31. The number of halogens is 1. The summed E-state index contributed by atoms with van der Waals surface area (Å²) in [6.07, 6.45) is 4.45. The Balaban J connectivity index is 2.10. The first-order valence-corrected chi connectivity index (χ1v) is 6.15. The van der Waals surface area contributed by atoms with Gasteiger partial charge in [-0.1, -0.05) is 0 Å². The first kappa shape index (κ1) is 11.7. The van der Waals surface area contributed by atoms with E-state index in [-0.39, 0.29) is 0 Å². The summed E-state index contributed by atoms with van der Waals surface area (Å²) < 4.78 is 5.40. The second-order valence-electron chi connectivity index (χ2n) is 4.10. The SMILES string of the molecule is COC1CCCN(c2cc(CCl)ccn2)C1. The molecular weight excluding hydrogens is 224 g/mol. The third kappa shape index (κ3) is 2.66. The van der Waals surface area contributed by atoms with Crippen molar-refractivity contribution in [3.05, 3.63) is 23.9 Å². The Labute approximate surface area is 101 Å². The fourth-order valence-electron chi connectivity index (χ4n) is 2.06. The number of methoxy groups -OCH3 is 1. The van der Waals surface area contributed by atoms with E-state index in [4.69, 9.17) is 16.3 Å². The first-order valence-electron chi connectivity index (χ1n) is 5.62. The molecule has 0 amide bonds. The molecule has 1 aromatic heterocycles. The number of hydrogen-bond acceptors (Lipinski definition) is 3. The van der Waals surface area contributed by atoms with Crippen molar-refractivity contribution in [1.29, 1.82) is 0 Å². The van der Waals surface area contributed by atoms with Crippen LogP contribution in [0.2, 0.25) is 0 Å². The van der Waals surface area contributed by atoms with Gasteiger partial charge in [-0.3, -0.25) is 0 Å². The molecule has 2 heterocycles. The van der Waals surface area contributed by atoms with Crippen LogP contribution in [0.25, 0.3) is 0 Å². The van der Waals surface area contributed by atoms with Gasteiger partial charge in [0.15, 0.2) is 0 Å². The summed E-state index contributed by atoms with van der Waals surface area (Å²) in [5.74, 6) is 1.55. The van der Waals surface area contributed by atoms with Gasteiger partial charge in [0.05, 0.1) is 6.10 Å². The Morgan fingerprint density at radius 3 is 3.25 bits per heavy atom. The molecule has 1 atom stereocenters. The van der Waals surface area contributed by atoms with Gasteiger partial charge in [0.25, 0.3) is 0 Å². The maximum atomic E-state index is 5.82. The fraction of sp³-hybridized carbons (Fsp3) is 0.583. The highest BCUT2D eigenvalue weighted by atomic mass is 35.5. The lowest BCUT2D eigenvalue weighted by Gasteiger charge is -2.32. The summed E-state index contributed by atoms with van der Waals surface area (Å²) in [5, 5.41) is 0. The lowest BCUT2D eigenvalue weighted by Crippen LogP contribution is -2.39. The Morgan fingerprint density at radius 2 is 2.50 bits per heavy atom. The number of hydrogen-bond donors (Lipinski definition) is 0. The molecule has 0 bridgehead atoms. The third-order valence-electron chi connectivity index (χ3n) is 3.00. The summed E-state index contributed by atoms with van der Waals surface area (Å²) in [7, 11) is 1.77. The highest BCUT2D eigenvalue weighted by Crippen LogP contribution is 2.20. The quantitative estimate of drug-likeness (QED) is 0.759. The lowest BCUT2D eigenvalue weighted by atomic mass is 10.1. The van der Waals surface area contributed by atoms with Crippen LogP contribution in [0.1, 0.15) is 18.4 Å². The molecule has 4 heteroatoms. The number of rotatable bonds is 3. The van der Waals surface area contributed by atoms with Crippen LogP contribution in [0.15, 0.2) is 18.3 Å². The smallest absolute Gasteiger partial charge is 0.128 e. The van der Waals surface area contributed by atoms with Gasteiger partial charge in [0.2, 0.25) is 0 Å². The topological polar surface area (TPSA) is 25.4 Å². The van der Waals surface area contributed by atoms with Gasteiger partial charge in [-0.2, -0.15) is 0 Å². The average Bonchev–Trinajstić information content (AvgIpc) is 2.39. The number of pyridine rings is 1. The van der Waals surface area contributed by atoms with Gasteiger partial charge in [0, 0.05) is 32.3 Å². The lowest BCUT2D eigenvalue weighted by molar-refractivity contribution is 0.0891. The molecule has 1 aliphatic rings. The van der Waals surface area contributed by atoms with Crippen molar-refractivity contribution < 1.29 is 4.74 Å². The highest BCUT2D eigenvalue weighted by molar-refractivity contribution is 6.17. The zero-order valence-corrected chi connectivity index (χ0v) is 10.3. The Kier molecular flexibility index (Phi) is 4.02. The molecule has 0 saturated carbocycles. The van der Waals surface area contributed by atoms with Gasteiger partial charge in [0.1, 0.15) is 5.82 Å². The maximum Gasteiger partial charge on any atom is 0.128 e.